The van der Waals surface area contributed by atoms with Gasteiger partial charge in [0.15, 0.2) is 0 Å². The van der Waals surface area contributed by atoms with E-state index in [0.29, 0.717) is 0 Å². The molecule has 152 valence electrons. The van der Waals surface area contributed by atoms with Crippen molar-refractivity contribution < 1.29 is 19.1 Å². The molecule has 1 aliphatic rings. The fourth-order valence-electron chi connectivity index (χ4n) is 3.47. The van der Waals surface area contributed by atoms with Crippen molar-refractivity contribution in [2.75, 3.05) is 7.11 Å². The lowest BCUT2D eigenvalue weighted by Crippen LogP contribution is -2.30. The fraction of sp³-hybridized carbons (Fsp3) is 0.174. The molecule has 2 heterocycles. The number of hydrogen-bond donors (Lipinski definition) is 1. The summed E-state index contributed by atoms with van der Waals surface area (Å²) in [5.74, 6) is -0.755. The van der Waals surface area contributed by atoms with Crippen LogP contribution in [0.2, 0.25) is 0 Å². The van der Waals surface area contributed by atoms with Crippen molar-refractivity contribution in [3.05, 3.63) is 77.1 Å². The monoisotopic (exact) mass is 403 g/mol. The first-order chi connectivity index (χ1) is 14.5. The van der Waals surface area contributed by atoms with Gasteiger partial charge in [-0.15, -0.1) is 0 Å². The van der Waals surface area contributed by atoms with E-state index < -0.39 is 6.03 Å². The van der Waals surface area contributed by atoms with Crippen LogP contribution in [0.3, 0.4) is 0 Å². The van der Waals surface area contributed by atoms with E-state index in [-0.39, 0.29) is 30.7 Å². The van der Waals surface area contributed by atoms with Gasteiger partial charge in [0.25, 0.3) is 5.91 Å². The lowest BCUT2D eigenvalue weighted by atomic mass is 10.1. The smallest absolute Gasteiger partial charge is 0.329 e. The third-order valence-corrected chi connectivity index (χ3v) is 5.07. The van der Waals surface area contributed by atoms with Crippen LogP contribution in [0.15, 0.2) is 60.4 Å². The summed E-state index contributed by atoms with van der Waals surface area (Å²) in [7, 11) is 1.34. The molecule has 30 heavy (non-hydrogen) atoms. The minimum atomic E-state index is -0.454. The molecule has 1 fully saturated rings. The molecule has 0 radical (unpaired) electrons. The Hall–Kier alpha value is -3.87. The van der Waals surface area contributed by atoms with Crippen LogP contribution < -0.4 is 5.32 Å². The Morgan fingerprint density at radius 1 is 1.10 bits per heavy atom. The second kappa shape index (κ2) is 7.87. The number of rotatable bonds is 5. The number of esters is 1. The number of urea groups is 1. The molecule has 7 nitrogen and oxygen atoms in total. The number of methoxy groups -OCH3 is 1. The first-order valence-electron chi connectivity index (χ1n) is 9.51. The third-order valence-electron chi connectivity index (χ3n) is 5.07. The zero-order valence-electron chi connectivity index (χ0n) is 16.7. The second-order valence-electron chi connectivity index (χ2n) is 7.17. The summed E-state index contributed by atoms with van der Waals surface area (Å²) < 4.78 is 6.52. The number of amides is 3. The van der Waals surface area contributed by atoms with Crippen LogP contribution in [-0.2, 0) is 27.4 Å². The fourth-order valence-corrected chi connectivity index (χ4v) is 3.47. The molecule has 1 aromatic heterocycles. The molecule has 4 rings (SSSR count). The molecule has 0 spiro atoms. The van der Waals surface area contributed by atoms with Crippen molar-refractivity contribution in [3.63, 3.8) is 0 Å². The summed E-state index contributed by atoms with van der Waals surface area (Å²) in [5.41, 5.74) is 3.76. The van der Waals surface area contributed by atoms with E-state index in [9.17, 15) is 14.4 Å². The first kappa shape index (κ1) is 19.4. The third kappa shape index (κ3) is 3.69. The number of para-hydroxylation sites is 1. The summed E-state index contributed by atoms with van der Waals surface area (Å²) >= 11 is 0. The maximum Gasteiger partial charge on any atom is 0.329 e. The molecule has 0 aliphatic carbocycles. The highest BCUT2D eigenvalue weighted by atomic mass is 16.5. The number of aromatic nitrogens is 1. The second-order valence-corrected chi connectivity index (χ2v) is 7.17. The van der Waals surface area contributed by atoms with Gasteiger partial charge in [-0.3, -0.25) is 14.5 Å². The Bertz CT molecular complexity index is 1170. The molecule has 2 aromatic carbocycles. The summed E-state index contributed by atoms with van der Waals surface area (Å²) in [6.45, 7) is 2.24. The molecule has 1 aliphatic heterocycles. The van der Waals surface area contributed by atoms with Gasteiger partial charge in [0.1, 0.15) is 12.2 Å². The Morgan fingerprint density at radius 3 is 2.57 bits per heavy atom. The maximum absolute atomic E-state index is 12.9. The predicted octanol–water partition coefficient (Wildman–Crippen LogP) is 3.22. The van der Waals surface area contributed by atoms with Gasteiger partial charge >= 0.3 is 12.0 Å². The Balaban J connectivity index is 1.64. The van der Waals surface area contributed by atoms with Crippen molar-refractivity contribution in [1.29, 1.82) is 0 Å². The molecule has 0 bridgehead atoms. The summed E-state index contributed by atoms with van der Waals surface area (Å²) in [6, 6.07) is 14.8. The highest BCUT2D eigenvalue weighted by Gasteiger charge is 2.33. The van der Waals surface area contributed by atoms with Crippen molar-refractivity contribution in [2.45, 2.75) is 20.0 Å². The highest BCUT2D eigenvalue weighted by Crippen LogP contribution is 2.25. The SMILES string of the molecule is COC(=O)Cn1cc(C=C2NC(=O)N(Cc3ccc(C)cc3)C2=O)c2ccccc21. The molecule has 1 saturated heterocycles. The largest absolute Gasteiger partial charge is 0.468 e. The summed E-state index contributed by atoms with van der Waals surface area (Å²) in [5, 5.41) is 3.53. The van der Waals surface area contributed by atoms with Gasteiger partial charge in [-0.1, -0.05) is 48.0 Å². The van der Waals surface area contributed by atoms with Crippen LogP contribution in [0, 0.1) is 6.92 Å². The Labute approximate surface area is 173 Å². The zero-order valence-corrected chi connectivity index (χ0v) is 16.7. The van der Waals surface area contributed by atoms with Crippen LogP contribution in [0.5, 0.6) is 0 Å². The maximum atomic E-state index is 12.9. The number of fused-ring (bicyclic) bond motifs is 1. The molecule has 7 heteroatoms. The molecule has 0 saturated carbocycles. The number of ether oxygens (including phenoxy) is 1. The molecular formula is C23H21N3O4. The van der Waals surface area contributed by atoms with Crippen molar-refractivity contribution >= 4 is 34.9 Å². The first-order valence-corrected chi connectivity index (χ1v) is 9.51. The molecule has 1 N–H and O–H groups in total. The number of carbonyl (C=O) groups is 3. The number of imide groups is 1. The normalized spacial score (nSPS) is 15.1. The summed E-state index contributed by atoms with van der Waals surface area (Å²) in [4.78, 5) is 38.2. The van der Waals surface area contributed by atoms with Crippen LogP contribution >= 0.6 is 0 Å². The van der Waals surface area contributed by atoms with Crippen molar-refractivity contribution in [1.82, 2.24) is 14.8 Å². The van der Waals surface area contributed by atoms with E-state index >= 15 is 0 Å². The average Bonchev–Trinajstić information content (AvgIpc) is 3.22. The minimum absolute atomic E-state index is 0.0556. The van der Waals surface area contributed by atoms with Gasteiger partial charge < -0.3 is 14.6 Å². The number of nitrogens with one attached hydrogen (secondary N) is 1. The Morgan fingerprint density at radius 2 is 1.83 bits per heavy atom. The van der Waals surface area contributed by atoms with Crippen LogP contribution in [0.1, 0.15) is 16.7 Å². The van der Waals surface area contributed by atoms with Crippen LogP contribution in [0.4, 0.5) is 4.79 Å². The number of hydrogen-bond acceptors (Lipinski definition) is 4. The van der Waals surface area contributed by atoms with Crippen molar-refractivity contribution in [3.8, 4) is 0 Å². The van der Waals surface area contributed by atoms with Gasteiger partial charge in [0.05, 0.1) is 13.7 Å². The number of aryl methyl sites for hydroxylation is 1. The minimum Gasteiger partial charge on any atom is -0.468 e. The standard InChI is InChI=1S/C23H21N3O4/c1-15-7-9-16(10-8-15)12-26-22(28)19(24-23(26)29)11-17-13-25(14-21(27)30-2)20-6-4-3-5-18(17)20/h3-11,13H,12,14H2,1-2H3,(H,24,29). The van der Waals surface area contributed by atoms with Gasteiger partial charge in [0, 0.05) is 22.7 Å². The molecule has 3 amide bonds. The molecular weight excluding hydrogens is 382 g/mol. The van der Waals surface area contributed by atoms with E-state index in [4.69, 9.17) is 4.74 Å². The van der Waals surface area contributed by atoms with Crippen molar-refractivity contribution in [2.24, 2.45) is 0 Å². The summed E-state index contributed by atoms with van der Waals surface area (Å²) in [6.07, 6.45) is 3.42. The van der Waals surface area contributed by atoms with E-state index in [2.05, 4.69) is 5.32 Å². The Kier molecular flexibility index (Phi) is 5.10. The average molecular weight is 403 g/mol. The van der Waals surface area contributed by atoms with E-state index in [1.54, 1.807) is 16.8 Å². The van der Waals surface area contributed by atoms with E-state index in [0.717, 1.165) is 27.6 Å². The quantitative estimate of drug-likeness (QED) is 0.403. The van der Waals surface area contributed by atoms with Gasteiger partial charge in [-0.05, 0) is 24.6 Å². The lowest BCUT2D eigenvalue weighted by molar-refractivity contribution is -0.141. The molecule has 0 unspecified atom stereocenters. The van der Waals surface area contributed by atoms with E-state index in [1.165, 1.54) is 12.0 Å². The lowest BCUT2D eigenvalue weighted by Gasteiger charge is -2.11. The van der Waals surface area contributed by atoms with Gasteiger partial charge in [-0.25, -0.2) is 4.79 Å². The molecule has 3 aromatic rings. The van der Waals surface area contributed by atoms with E-state index in [1.807, 2.05) is 55.5 Å². The van der Waals surface area contributed by atoms with Gasteiger partial charge in [0.2, 0.25) is 0 Å². The zero-order chi connectivity index (χ0) is 21.3. The topological polar surface area (TPSA) is 80.6 Å². The van der Waals surface area contributed by atoms with Crippen LogP contribution in [0.25, 0.3) is 17.0 Å². The number of nitrogens with zero attached hydrogens (tertiary/aromatic N) is 2. The molecule has 0 atom stereocenters. The predicted molar refractivity (Wildman–Crippen MR) is 112 cm³/mol. The number of carbonyl (C=O) groups excluding carboxylic acids is 3. The van der Waals surface area contributed by atoms with Gasteiger partial charge in [-0.2, -0.15) is 0 Å². The number of benzene rings is 2. The van der Waals surface area contributed by atoms with Crippen LogP contribution in [-0.4, -0.2) is 34.5 Å². The highest BCUT2D eigenvalue weighted by molar-refractivity contribution is 6.14.